The highest BCUT2D eigenvalue weighted by Crippen LogP contribution is 2.19. The molecule has 0 aromatic heterocycles. The van der Waals surface area contributed by atoms with Gasteiger partial charge in [0.1, 0.15) is 0 Å². The van der Waals surface area contributed by atoms with Crippen LogP contribution in [0.3, 0.4) is 0 Å². The highest BCUT2D eigenvalue weighted by atomic mass is 16.1. The van der Waals surface area contributed by atoms with Gasteiger partial charge in [0.2, 0.25) is 5.91 Å². The molecule has 0 bridgehead atoms. The summed E-state index contributed by atoms with van der Waals surface area (Å²) in [6.07, 6.45) is 2.90. The summed E-state index contributed by atoms with van der Waals surface area (Å²) in [5.41, 5.74) is 7.82. The molecule has 4 nitrogen and oxygen atoms in total. The Morgan fingerprint density at radius 1 is 0.962 bits per heavy atom. The third-order valence-electron chi connectivity index (χ3n) is 4.46. The molecule has 4 heteroatoms. The number of hydrogen-bond donors (Lipinski definition) is 2. The molecule has 2 aromatic carbocycles. The maximum atomic E-state index is 12.6. The van der Waals surface area contributed by atoms with E-state index in [-0.39, 0.29) is 23.7 Å². The fourth-order valence-corrected chi connectivity index (χ4v) is 2.81. The van der Waals surface area contributed by atoms with Crippen molar-refractivity contribution in [3.05, 3.63) is 71.3 Å². The van der Waals surface area contributed by atoms with Gasteiger partial charge in [-0.3, -0.25) is 9.59 Å². The average Bonchev–Trinajstić information content (AvgIpc) is 2.67. The Kier molecular flexibility index (Phi) is 7.54. The van der Waals surface area contributed by atoms with Crippen molar-refractivity contribution in [2.24, 2.45) is 5.73 Å². The van der Waals surface area contributed by atoms with E-state index in [0.29, 0.717) is 17.7 Å². The predicted molar refractivity (Wildman–Crippen MR) is 105 cm³/mol. The van der Waals surface area contributed by atoms with Gasteiger partial charge in [0.15, 0.2) is 5.78 Å². The van der Waals surface area contributed by atoms with E-state index < -0.39 is 0 Å². The first kappa shape index (κ1) is 19.9. The summed E-state index contributed by atoms with van der Waals surface area (Å²) < 4.78 is 0. The van der Waals surface area contributed by atoms with Crippen LogP contribution in [0.15, 0.2) is 54.6 Å². The van der Waals surface area contributed by atoms with Gasteiger partial charge in [-0.05, 0) is 38.3 Å². The summed E-state index contributed by atoms with van der Waals surface area (Å²) in [4.78, 5) is 25.0. The summed E-state index contributed by atoms with van der Waals surface area (Å²) in [7, 11) is 0. The second-order valence-electron chi connectivity index (χ2n) is 6.81. The van der Waals surface area contributed by atoms with E-state index in [9.17, 15) is 9.59 Å². The molecule has 0 aliphatic rings. The Labute approximate surface area is 155 Å². The van der Waals surface area contributed by atoms with Crippen molar-refractivity contribution in [3.8, 4) is 0 Å². The lowest BCUT2D eigenvalue weighted by atomic mass is 9.95. The zero-order valence-electron chi connectivity index (χ0n) is 15.6. The van der Waals surface area contributed by atoms with Gasteiger partial charge in [0.25, 0.3) is 0 Å². The molecule has 1 amide bonds. The van der Waals surface area contributed by atoms with Crippen molar-refractivity contribution in [2.75, 3.05) is 6.54 Å². The minimum atomic E-state index is -0.299. The molecule has 2 aromatic rings. The van der Waals surface area contributed by atoms with E-state index in [1.54, 1.807) is 18.2 Å². The SMILES string of the molecule is CC(N)CCCCNC(=O)C(C)c1cccc(C(=O)c2ccccc2)c1. The molecule has 0 spiro atoms. The molecule has 26 heavy (non-hydrogen) atoms. The number of hydrogen-bond acceptors (Lipinski definition) is 3. The Balaban J connectivity index is 1.96. The van der Waals surface area contributed by atoms with Crippen LogP contribution in [-0.2, 0) is 4.79 Å². The van der Waals surface area contributed by atoms with Gasteiger partial charge in [-0.1, -0.05) is 55.0 Å². The molecule has 0 radical (unpaired) electrons. The van der Waals surface area contributed by atoms with Crippen LogP contribution in [0, 0.1) is 0 Å². The van der Waals surface area contributed by atoms with Crippen molar-refractivity contribution < 1.29 is 9.59 Å². The largest absolute Gasteiger partial charge is 0.356 e. The fraction of sp³-hybridized carbons (Fsp3) is 0.364. The van der Waals surface area contributed by atoms with Gasteiger partial charge in [-0.2, -0.15) is 0 Å². The molecule has 2 rings (SSSR count). The highest BCUT2D eigenvalue weighted by molar-refractivity contribution is 6.09. The lowest BCUT2D eigenvalue weighted by Gasteiger charge is -2.14. The first-order valence-electron chi connectivity index (χ1n) is 9.22. The maximum Gasteiger partial charge on any atom is 0.227 e. The molecule has 138 valence electrons. The molecule has 0 aliphatic carbocycles. The van der Waals surface area contributed by atoms with Crippen molar-refractivity contribution in [1.82, 2.24) is 5.32 Å². The van der Waals surface area contributed by atoms with E-state index >= 15 is 0 Å². The zero-order valence-corrected chi connectivity index (χ0v) is 15.6. The molecule has 2 unspecified atom stereocenters. The number of nitrogens with one attached hydrogen (secondary N) is 1. The molecule has 0 saturated heterocycles. The van der Waals surface area contributed by atoms with Gasteiger partial charge < -0.3 is 11.1 Å². The number of benzene rings is 2. The minimum Gasteiger partial charge on any atom is -0.356 e. The van der Waals surface area contributed by atoms with Gasteiger partial charge in [-0.25, -0.2) is 0 Å². The minimum absolute atomic E-state index is 0.0184. The van der Waals surface area contributed by atoms with Crippen LogP contribution in [0.1, 0.15) is 60.5 Å². The third kappa shape index (κ3) is 5.81. The summed E-state index contributed by atoms with van der Waals surface area (Å²) in [5.74, 6) is -0.349. The van der Waals surface area contributed by atoms with Crippen molar-refractivity contribution in [2.45, 2.75) is 45.1 Å². The Bertz CT molecular complexity index is 726. The molecular weight excluding hydrogens is 324 g/mol. The first-order valence-corrected chi connectivity index (χ1v) is 9.22. The summed E-state index contributed by atoms with van der Waals surface area (Å²) >= 11 is 0. The number of ketones is 1. The second kappa shape index (κ2) is 9.88. The first-order chi connectivity index (χ1) is 12.5. The second-order valence-corrected chi connectivity index (χ2v) is 6.81. The number of rotatable bonds is 9. The van der Waals surface area contributed by atoms with E-state index in [4.69, 9.17) is 5.73 Å². The Morgan fingerprint density at radius 2 is 1.65 bits per heavy atom. The molecule has 0 fully saturated rings. The van der Waals surface area contributed by atoms with Gasteiger partial charge >= 0.3 is 0 Å². The summed E-state index contributed by atoms with van der Waals surface area (Å²) in [5, 5.41) is 2.97. The van der Waals surface area contributed by atoms with Gasteiger partial charge in [0, 0.05) is 23.7 Å². The summed E-state index contributed by atoms with van der Waals surface area (Å²) in [6.45, 7) is 4.51. The van der Waals surface area contributed by atoms with Crippen LogP contribution in [0.4, 0.5) is 0 Å². The number of carbonyl (C=O) groups excluding carboxylic acids is 2. The Morgan fingerprint density at radius 3 is 2.35 bits per heavy atom. The quantitative estimate of drug-likeness (QED) is 0.534. The summed E-state index contributed by atoms with van der Waals surface area (Å²) in [6, 6.07) is 16.7. The highest BCUT2D eigenvalue weighted by Gasteiger charge is 2.17. The zero-order chi connectivity index (χ0) is 18.9. The van der Waals surface area contributed by atoms with E-state index in [1.165, 1.54) is 0 Å². The number of carbonyl (C=O) groups is 2. The molecule has 0 heterocycles. The molecule has 0 saturated carbocycles. The van der Waals surface area contributed by atoms with Crippen molar-refractivity contribution >= 4 is 11.7 Å². The van der Waals surface area contributed by atoms with Crippen LogP contribution in [0.2, 0.25) is 0 Å². The van der Waals surface area contributed by atoms with Crippen molar-refractivity contribution in [3.63, 3.8) is 0 Å². The van der Waals surface area contributed by atoms with Crippen LogP contribution in [0.25, 0.3) is 0 Å². The lowest BCUT2D eigenvalue weighted by molar-refractivity contribution is -0.122. The topological polar surface area (TPSA) is 72.2 Å². The molecule has 2 atom stereocenters. The van der Waals surface area contributed by atoms with Crippen molar-refractivity contribution in [1.29, 1.82) is 0 Å². The molecular formula is C22H28N2O2. The predicted octanol–water partition coefficient (Wildman–Crippen LogP) is 3.65. The lowest BCUT2D eigenvalue weighted by Crippen LogP contribution is -2.29. The van der Waals surface area contributed by atoms with E-state index in [0.717, 1.165) is 24.8 Å². The monoisotopic (exact) mass is 352 g/mol. The van der Waals surface area contributed by atoms with Crippen LogP contribution in [-0.4, -0.2) is 24.3 Å². The smallest absolute Gasteiger partial charge is 0.227 e. The van der Waals surface area contributed by atoms with Crippen LogP contribution in [0.5, 0.6) is 0 Å². The van der Waals surface area contributed by atoms with Gasteiger partial charge in [-0.15, -0.1) is 0 Å². The standard InChI is InChI=1S/C22H28N2O2/c1-16(23)9-6-7-14-24-22(26)17(2)19-12-8-13-20(15-19)21(25)18-10-4-3-5-11-18/h3-5,8,10-13,15-17H,6-7,9,14,23H2,1-2H3,(H,24,26). The van der Waals surface area contributed by atoms with Crippen LogP contribution >= 0.6 is 0 Å². The van der Waals surface area contributed by atoms with Crippen LogP contribution < -0.4 is 11.1 Å². The van der Waals surface area contributed by atoms with E-state index in [2.05, 4.69) is 5.32 Å². The molecule has 0 aliphatic heterocycles. The number of amides is 1. The fourth-order valence-electron chi connectivity index (χ4n) is 2.81. The van der Waals surface area contributed by atoms with Gasteiger partial charge in [0.05, 0.1) is 5.92 Å². The normalized spacial score (nSPS) is 13.0. The number of unbranched alkanes of at least 4 members (excludes halogenated alkanes) is 1. The Hall–Kier alpha value is -2.46. The molecule has 3 N–H and O–H groups in total. The third-order valence-corrected chi connectivity index (χ3v) is 4.46. The average molecular weight is 352 g/mol. The van der Waals surface area contributed by atoms with E-state index in [1.807, 2.05) is 50.2 Å². The number of nitrogens with two attached hydrogens (primary N) is 1. The maximum absolute atomic E-state index is 12.6.